The van der Waals surface area contributed by atoms with Crippen LogP contribution in [-0.4, -0.2) is 25.6 Å². The van der Waals surface area contributed by atoms with Crippen LogP contribution >= 0.6 is 11.3 Å². The van der Waals surface area contributed by atoms with Crippen molar-refractivity contribution in [2.24, 2.45) is 0 Å². The van der Waals surface area contributed by atoms with Crippen LogP contribution in [0.2, 0.25) is 0 Å². The molecule has 1 aromatic heterocycles. The van der Waals surface area contributed by atoms with E-state index in [0.717, 1.165) is 17.5 Å². The Morgan fingerprint density at radius 3 is 2.42 bits per heavy atom. The lowest BCUT2D eigenvalue weighted by atomic mass is 10.1. The normalized spacial score (nSPS) is 11.3. The number of nitrogens with zero attached hydrogens (tertiary/aromatic N) is 1. The Balaban J connectivity index is 1.84. The van der Waals surface area contributed by atoms with Crippen LogP contribution in [0, 0.1) is 13.8 Å². The van der Waals surface area contributed by atoms with Gasteiger partial charge in [-0.25, -0.2) is 13.4 Å². The number of rotatable bonds is 4. The fourth-order valence-electron chi connectivity index (χ4n) is 2.43. The minimum Gasteiger partial charge on any atom is -0.298 e. The minimum atomic E-state index is -3.38. The third kappa shape index (κ3) is 4.00. The Bertz CT molecular complexity index is 1070. The van der Waals surface area contributed by atoms with E-state index in [2.05, 4.69) is 10.3 Å². The van der Waals surface area contributed by atoms with E-state index in [1.54, 1.807) is 13.0 Å². The van der Waals surface area contributed by atoms with Crippen LogP contribution in [0.25, 0.3) is 11.3 Å². The number of nitrogens with one attached hydrogen (secondary N) is 1. The Kier molecular flexibility index (Phi) is 4.93. The van der Waals surface area contributed by atoms with Crippen LogP contribution in [0.5, 0.6) is 0 Å². The molecule has 0 aliphatic heterocycles. The molecule has 134 valence electrons. The number of anilines is 1. The van der Waals surface area contributed by atoms with Crippen LogP contribution in [0.15, 0.2) is 52.7 Å². The molecular weight excluding hydrogens is 368 g/mol. The highest BCUT2D eigenvalue weighted by Gasteiger charge is 2.16. The second-order valence-corrected chi connectivity index (χ2v) is 8.98. The molecule has 0 aliphatic rings. The van der Waals surface area contributed by atoms with Gasteiger partial charge in [-0.3, -0.25) is 10.1 Å². The molecule has 0 bridgehead atoms. The molecule has 0 aliphatic carbocycles. The van der Waals surface area contributed by atoms with Gasteiger partial charge >= 0.3 is 0 Å². The molecule has 1 heterocycles. The second-order valence-electron chi connectivity index (χ2n) is 6.11. The van der Waals surface area contributed by atoms with Gasteiger partial charge in [-0.15, -0.1) is 11.3 Å². The summed E-state index contributed by atoms with van der Waals surface area (Å²) in [5.74, 6) is -0.377. The number of hydrogen-bond acceptors (Lipinski definition) is 5. The summed E-state index contributed by atoms with van der Waals surface area (Å²) in [6.45, 7) is 3.78. The lowest BCUT2D eigenvalue weighted by Crippen LogP contribution is -2.14. The number of thiazole rings is 1. The molecule has 0 saturated heterocycles. The molecular formula is C19H18N2O3S2. The van der Waals surface area contributed by atoms with Crippen molar-refractivity contribution < 1.29 is 13.2 Å². The molecule has 3 aromatic rings. The van der Waals surface area contributed by atoms with Crippen molar-refractivity contribution in [1.82, 2.24) is 4.98 Å². The zero-order chi connectivity index (χ0) is 18.9. The maximum absolute atomic E-state index is 12.6. The third-order valence-electron chi connectivity index (χ3n) is 3.95. The van der Waals surface area contributed by atoms with Crippen LogP contribution in [-0.2, 0) is 9.84 Å². The highest BCUT2D eigenvalue weighted by Crippen LogP contribution is 2.26. The average Bonchev–Trinajstić information content (AvgIpc) is 3.03. The quantitative estimate of drug-likeness (QED) is 0.733. The van der Waals surface area contributed by atoms with Gasteiger partial charge in [-0.2, -0.15) is 0 Å². The van der Waals surface area contributed by atoms with Crippen molar-refractivity contribution in [3.8, 4) is 11.3 Å². The van der Waals surface area contributed by atoms with E-state index < -0.39 is 9.84 Å². The number of benzene rings is 2. The van der Waals surface area contributed by atoms with E-state index in [1.807, 2.05) is 36.6 Å². The number of carbonyl (C=O) groups is 1. The molecule has 3 rings (SSSR count). The highest BCUT2D eigenvalue weighted by molar-refractivity contribution is 7.90. The summed E-state index contributed by atoms with van der Waals surface area (Å²) in [7, 11) is -3.38. The first-order valence-corrected chi connectivity index (χ1v) is 10.7. The maximum atomic E-state index is 12.6. The standard InChI is InChI=1S/C19H18N2O3S2/c1-12-4-7-14(8-5-12)17-11-25-19(20-17)21-18(22)16-10-15(26(3,23)24)9-6-13(16)2/h4-11H,1-3H3,(H,20,21,22). The second kappa shape index (κ2) is 7.01. The predicted octanol–water partition coefficient (Wildman–Crippen LogP) is 4.08. The van der Waals surface area contributed by atoms with Crippen LogP contribution in [0.3, 0.4) is 0 Å². The third-order valence-corrected chi connectivity index (χ3v) is 5.82. The molecule has 5 nitrogen and oxygen atoms in total. The fourth-order valence-corrected chi connectivity index (χ4v) is 3.79. The largest absolute Gasteiger partial charge is 0.298 e. The van der Waals surface area contributed by atoms with Gasteiger partial charge < -0.3 is 0 Å². The van der Waals surface area contributed by atoms with Gasteiger partial charge in [0, 0.05) is 22.8 Å². The van der Waals surface area contributed by atoms with Crippen LogP contribution in [0.1, 0.15) is 21.5 Å². The molecule has 2 aromatic carbocycles. The van der Waals surface area contributed by atoms with E-state index in [4.69, 9.17) is 0 Å². The summed E-state index contributed by atoms with van der Waals surface area (Å²) in [5.41, 5.74) is 3.94. The molecule has 1 amide bonds. The average molecular weight is 386 g/mol. The maximum Gasteiger partial charge on any atom is 0.257 e. The number of amides is 1. The number of sulfone groups is 1. The van der Waals surface area contributed by atoms with E-state index in [0.29, 0.717) is 16.3 Å². The monoisotopic (exact) mass is 386 g/mol. The van der Waals surface area contributed by atoms with Gasteiger partial charge in [0.1, 0.15) is 0 Å². The van der Waals surface area contributed by atoms with Crippen LogP contribution < -0.4 is 5.32 Å². The Morgan fingerprint density at radius 2 is 1.77 bits per heavy atom. The van der Waals surface area contributed by atoms with E-state index in [9.17, 15) is 13.2 Å². The summed E-state index contributed by atoms with van der Waals surface area (Å²) in [5, 5.41) is 5.10. The first kappa shape index (κ1) is 18.3. The van der Waals surface area contributed by atoms with Gasteiger partial charge in [-0.1, -0.05) is 35.9 Å². The van der Waals surface area contributed by atoms with Gasteiger partial charge in [-0.05, 0) is 31.5 Å². The number of carbonyl (C=O) groups excluding carboxylic acids is 1. The van der Waals surface area contributed by atoms with Gasteiger partial charge in [0.15, 0.2) is 15.0 Å². The molecule has 0 fully saturated rings. The summed E-state index contributed by atoms with van der Waals surface area (Å²) in [6, 6.07) is 12.5. The van der Waals surface area contributed by atoms with E-state index in [-0.39, 0.29) is 10.8 Å². The molecule has 0 radical (unpaired) electrons. The van der Waals surface area contributed by atoms with Crippen molar-refractivity contribution in [2.45, 2.75) is 18.7 Å². The van der Waals surface area contributed by atoms with Gasteiger partial charge in [0.05, 0.1) is 10.6 Å². The molecule has 0 saturated carbocycles. The number of aryl methyl sites for hydroxylation is 2. The smallest absolute Gasteiger partial charge is 0.257 e. The van der Waals surface area contributed by atoms with Crippen molar-refractivity contribution in [1.29, 1.82) is 0 Å². The minimum absolute atomic E-state index is 0.118. The zero-order valence-corrected chi connectivity index (χ0v) is 16.2. The number of aromatic nitrogens is 1. The molecule has 0 atom stereocenters. The summed E-state index contributed by atoms with van der Waals surface area (Å²) in [4.78, 5) is 17.1. The first-order valence-electron chi connectivity index (χ1n) is 7.88. The van der Waals surface area contributed by atoms with E-state index in [1.165, 1.54) is 29.0 Å². The lowest BCUT2D eigenvalue weighted by Gasteiger charge is -2.07. The van der Waals surface area contributed by atoms with Crippen molar-refractivity contribution in [2.75, 3.05) is 11.6 Å². The highest BCUT2D eigenvalue weighted by atomic mass is 32.2. The molecule has 7 heteroatoms. The topological polar surface area (TPSA) is 76.1 Å². The lowest BCUT2D eigenvalue weighted by molar-refractivity contribution is 0.102. The molecule has 26 heavy (non-hydrogen) atoms. The first-order chi connectivity index (χ1) is 12.2. The van der Waals surface area contributed by atoms with E-state index >= 15 is 0 Å². The van der Waals surface area contributed by atoms with Crippen molar-refractivity contribution in [3.05, 3.63) is 64.5 Å². The Labute approximate surface area is 156 Å². The summed E-state index contributed by atoms with van der Waals surface area (Å²) >= 11 is 1.33. The van der Waals surface area contributed by atoms with Crippen LogP contribution in [0.4, 0.5) is 5.13 Å². The van der Waals surface area contributed by atoms with Crippen molar-refractivity contribution in [3.63, 3.8) is 0 Å². The number of hydrogen-bond donors (Lipinski definition) is 1. The summed E-state index contributed by atoms with van der Waals surface area (Å²) < 4.78 is 23.4. The molecule has 1 N–H and O–H groups in total. The molecule has 0 unspecified atom stereocenters. The fraction of sp³-hybridized carbons (Fsp3) is 0.158. The van der Waals surface area contributed by atoms with Crippen molar-refractivity contribution >= 4 is 32.2 Å². The SMILES string of the molecule is Cc1ccc(-c2csc(NC(=O)c3cc(S(C)(=O)=O)ccc3C)n2)cc1. The van der Waals surface area contributed by atoms with Gasteiger partial charge in [0.2, 0.25) is 0 Å². The Morgan fingerprint density at radius 1 is 1.08 bits per heavy atom. The summed E-state index contributed by atoms with van der Waals surface area (Å²) in [6.07, 6.45) is 1.12. The van der Waals surface area contributed by atoms with Gasteiger partial charge in [0.25, 0.3) is 5.91 Å². The molecule has 0 spiro atoms. The predicted molar refractivity (Wildman–Crippen MR) is 105 cm³/mol. The zero-order valence-electron chi connectivity index (χ0n) is 14.6. The Hall–Kier alpha value is -2.51.